The predicted octanol–water partition coefficient (Wildman–Crippen LogP) is 1.84. The van der Waals surface area contributed by atoms with Crippen LogP contribution in [0.1, 0.15) is 19.3 Å². The summed E-state index contributed by atoms with van der Waals surface area (Å²) in [6.07, 6.45) is 7.19. The van der Waals surface area contributed by atoms with Gasteiger partial charge in [0.2, 0.25) is 11.8 Å². The van der Waals surface area contributed by atoms with Crippen molar-refractivity contribution in [1.29, 1.82) is 0 Å². The first-order valence-corrected chi connectivity index (χ1v) is 13.0. The number of nitrogens with zero attached hydrogens (tertiary/aromatic N) is 7. The molecule has 38 heavy (non-hydrogen) atoms. The average molecular weight is 522 g/mol. The molecular weight excluding hydrogens is 490 g/mol. The van der Waals surface area contributed by atoms with Crippen molar-refractivity contribution in [3.63, 3.8) is 0 Å². The molecule has 3 aromatic heterocycles. The third-order valence-corrected chi connectivity index (χ3v) is 7.09. The fourth-order valence-corrected chi connectivity index (χ4v) is 4.83. The highest BCUT2D eigenvalue weighted by atomic mass is 16.6. The quantitative estimate of drug-likeness (QED) is 0.438. The monoisotopic (exact) mass is 521 g/mol. The summed E-state index contributed by atoms with van der Waals surface area (Å²) in [5.74, 6) is 1.41. The molecule has 3 aliphatic rings. The maximum atomic E-state index is 12.8. The molecule has 1 atom stereocenters. The zero-order valence-corrected chi connectivity index (χ0v) is 21.4. The standard InChI is InChI=1S/C26H31N7O5/c1-36-14-13-32-17-19(15-23(32)34)38-26(35)31-11-9-30(10-12-31)22-6-8-33-24(29-22)21(16-28-33)20-3-2-7-27-25(20)37-18-4-5-18/h2-3,6-8,16,18-19H,4-5,9-15,17H2,1H3/t19-/m1/s1. The van der Waals surface area contributed by atoms with E-state index < -0.39 is 6.10 Å². The van der Waals surface area contributed by atoms with Gasteiger partial charge in [0.1, 0.15) is 18.0 Å². The lowest BCUT2D eigenvalue weighted by Crippen LogP contribution is -2.49. The van der Waals surface area contributed by atoms with Crippen LogP contribution in [-0.4, -0.2) is 107 Å². The van der Waals surface area contributed by atoms with Crippen molar-refractivity contribution < 1.29 is 23.8 Å². The second-order valence-corrected chi connectivity index (χ2v) is 9.80. The number of aromatic nitrogens is 4. The van der Waals surface area contributed by atoms with E-state index in [0.29, 0.717) is 51.8 Å². The lowest BCUT2D eigenvalue weighted by molar-refractivity contribution is -0.128. The first-order chi connectivity index (χ1) is 18.6. The van der Waals surface area contributed by atoms with E-state index in [1.165, 1.54) is 0 Å². The lowest BCUT2D eigenvalue weighted by atomic mass is 10.1. The van der Waals surface area contributed by atoms with Crippen LogP contribution in [0.25, 0.3) is 16.8 Å². The maximum Gasteiger partial charge on any atom is 0.410 e. The van der Waals surface area contributed by atoms with E-state index in [0.717, 1.165) is 35.4 Å². The number of amides is 2. The van der Waals surface area contributed by atoms with Crippen LogP contribution in [0.5, 0.6) is 5.88 Å². The summed E-state index contributed by atoms with van der Waals surface area (Å²) in [6.45, 7) is 3.64. The fraction of sp³-hybridized carbons (Fsp3) is 0.500. The van der Waals surface area contributed by atoms with Crippen LogP contribution in [0.4, 0.5) is 10.6 Å². The summed E-state index contributed by atoms with van der Waals surface area (Å²) in [6, 6.07) is 5.80. The zero-order valence-electron chi connectivity index (χ0n) is 21.4. The minimum absolute atomic E-state index is 0.0112. The summed E-state index contributed by atoms with van der Waals surface area (Å²) in [5, 5.41) is 4.48. The number of methoxy groups -OCH3 is 1. The molecule has 6 rings (SSSR count). The van der Waals surface area contributed by atoms with Crippen LogP contribution in [0.15, 0.2) is 36.8 Å². The van der Waals surface area contributed by atoms with Gasteiger partial charge in [-0.1, -0.05) is 0 Å². The minimum atomic E-state index is -0.421. The molecule has 0 radical (unpaired) electrons. The van der Waals surface area contributed by atoms with Crippen LogP contribution < -0.4 is 9.64 Å². The van der Waals surface area contributed by atoms with Gasteiger partial charge in [0, 0.05) is 57.8 Å². The smallest absolute Gasteiger partial charge is 0.410 e. The molecule has 0 bridgehead atoms. The molecule has 200 valence electrons. The summed E-state index contributed by atoms with van der Waals surface area (Å²) in [5.41, 5.74) is 2.46. The van der Waals surface area contributed by atoms with Gasteiger partial charge < -0.3 is 28.9 Å². The molecule has 0 aromatic carbocycles. The second-order valence-electron chi connectivity index (χ2n) is 9.80. The number of fused-ring (bicyclic) bond motifs is 1. The largest absolute Gasteiger partial charge is 0.474 e. The number of likely N-dealkylation sites (tertiary alicyclic amines) is 1. The van der Waals surface area contributed by atoms with Gasteiger partial charge in [0.05, 0.1) is 31.3 Å². The number of rotatable bonds is 8. The molecule has 0 spiro atoms. The Hall–Kier alpha value is -3.93. The summed E-state index contributed by atoms with van der Waals surface area (Å²) < 4.78 is 18.5. The Labute approximate surface area is 220 Å². The molecule has 0 N–H and O–H groups in total. The highest BCUT2D eigenvalue weighted by Gasteiger charge is 2.34. The Morgan fingerprint density at radius 1 is 1.11 bits per heavy atom. The zero-order chi connectivity index (χ0) is 26.1. The number of carbonyl (C=O) groups excluding carboxylic acids is 2. The Kier molecular flexibility index (Phi) is 6.71. The molecule has 12 heteroatoms. The van der Waals surface area contributed by atoms with E-state index in [2.05, 4.69) is 15.0 Å². The first-order valence-electron chi connectivity index (χ1n) is 13.0. The van der Waals surface area contributed by atoms with Crippen LogP contribution in [-0.2, 0) is 14.3 Å². The van der Waals surface area contributed by atoms with Crippen molar-refractivity contribution in [2.75, 3.05) is 57.9 Å². The maximum absolute atomic E-state index is 12.8. The van der Waals surface area contributed by atoms with Crippen molar-refractivity contribution in [2.24, 2.45) is 0 Å². The molecule has 12 nitrogen and oxygen atoms in total. The Bertz CT molecular complexity index is 1320. The lowest BCUT2D eigenvalue weighted by Gasteiger charge is -2.35. The number of carbonyl (C=O) groups is 2. The number of hydrogen-bond acceptors (Lipinski definition) is 9. The molecule has 3 aromatic rings. The number of hydrogen-bond donors (Lipinski definition) is 0. The molecule has 1 saturated carbocycles. The summed E-state index contributed by atoms with van der Waals surface area (Å²) in [7, 11) is 1.60. The first kappa shape index (κ1) is 24.4. The van der Waals surface area contributed by atoms with Gasteiger partial charge in [0.25, 0.3) is 0 Å². The van der Waals surface area contributed by atoms with E-state index in [1.807, 2.05) is 24.4 Å². The van der Waals surface area contributed by atoms with Gasteiger partial charge >= 0.3 is 6.09 Å². The second kappa shape index (κ2) is 10.4. The molecule has 2 amide bonds. The third kappa shape index (κ3) is 5.08. The van der Waals surface area contributed by atoms with Crippen LogP contribution in [0, 0.1) is 0 Å². The van der Waals surface area contributed by atoms with Gasteiger partial charge in [-0.05, 0) is 31.0 Å². The highest BCUT2D eigenvalue weighted by molar-refractivity contribution is 5.81. The fourth-order valence-electron chi connectivity index (χ4n) is 4.83. The van der Waals surface area contributed by atoms with Gasteiger partial charge in [-0.3, -0.25) is 4.79 Å². The molecular formula is C26H31N7O5. The van der Waals surface area contributed by atoms with E-state index in [4.69, 9.17) is 19.2 Å². The highest BCUT2D eigenvalue weighted by Crippen LogP contribution is 2.35. The van der Waals surface area contributed by atoms with E-state index in [-0.39, 0.29) is 24.5 Å². The number of ether oxygens (including phenoxy) is 3. The van der Waals surface area contributed by atoms with Crippen molar-refractivity contribution in [1.82, 2.24) is 29.4 Å². The van der Waals surface area contributed by atoms with E-state index in [9.17, 15) is 9.59 Å². The molecule has 3 fully saturated rings. The van der Waals surface area contributed by atoms with Gasteiger partial charge in [-0.15, -0.1) is 0 Å². The SMILES string of the molecule is COCCN1C[C@H](OC(=O)N2CCN(c3ccn4ncc(-c5cccnc5OC5CC5)c4n3)CC2)CC1=O. The summed E-state index contributed by atoms with van der Waals surface area (Å²) >= 11 is 0. The number of piperazine rings is 1. The van der Waals surface area contributed by atoms with Crippen molar-refractivity contribution >= 4 is 23.5 Å². The molecule has 0 unspecified atom stereocenters. The van der Waals surface area contributed by atoms with Gasteiger partial charge in [0.15, 0.2) is 5.65 Å². The normalized spacial score (nSPS) is 19.9. The van der Waals surface area contributed by atoms with Gasteiger partial charge in [-0.2, -0.15) is 5.10 Å². The van der Waals surface area contributed by atoms with Crippen molar-refractivity contribution in [3.8, 4) is 17.0 Å². The van der Waals surface area contributed by atoms with E-state index >= 15 is 0 Å². The molecule has 5 heterocycles. The van der Waals surface area contributed by atoms with Crippen molar-refractivity contribution in [2.45, 2.75) is 31.5 Å². The van der Waals surface area contributed by atoms with Crippen LogP contribution in [0.3, 0.4) is 0 Å². The average Bonchev–Trinajstić information content (AvgIpc) is 3.55. The topological polar surface area (TPSA) is 115 Å². The van der Waals surface area contributed by atoms with Crippen molar-refractivity contribution in [3.05, 3.63) is 36.8 Å². The Morgan fingerprint density at radius 2 is 1.95 bits per heavy atom. The minimum Gasteiger partial charge on any atom is -0.474 e. The predicted molar refractivity (Wildman–Crippen MR) is 137 cm³/mol. The third-order valence-electron chi connectivity index (χ3n) is 7.09. The number of pyridine rings is 1. The Morgan fingerprint density at radius 3 is 2.74 bits per heavy atom. The summed E-state index contributed by atoms with van der Waals surface area (Å²) in [4.78, 5) is 39.8. The Balaban J connectivity index is 1.10. The van der Waals surface area contributed by atoms with E-state index in [1.54, 1.807) is 33.8 Å². The molecule has 1 aliphatic carbocycles. The number of anilines is 1. The van der Waals surface area contributed by atoms with Crippen LogP contribution in [0.2, 0.25) is 0 Å². The van der Waals surface area contributed by atoms with Crippen LogP contribution >= 0.6 is 0 Å². The van der Waals surface area contributed by atoms with Gasteiger partial charge in [-0.25, -0.2) is 19.3 Å². The molecule has 2 aliphatic heterocycles. The molecule has 2 saturated heterocycles.